The number of carbonyl (C=O) groups is 2. The highest BCUT2D eigenvalue weighted by molar-refractivity contribution is 9.10. The van der Waals surface area contributed by atoms with Crippen molar-refractivity contribution in [2.75, 3.05) is 5.01 Å². The Kier molecular flexibility index (Phi) is 4.75. The van der Waals surface area contributed by atoms with E-state index in [2.05, 4.69) is 31.0 Å². The van der Waals surface area contributed by atoms with Crippen LogP contribution in [0, 0.1) is 0 Å². The highest BCUT2D eigenvalue weighted by Crippen LogP contribution is 2.31. The third kappa shape index (κ3) is 3.47. The molecule has 0 spiro atoms. The Hall–Kier alpha value is -3.58. The molecule has 0 saturated heterocycles. The molecule has 1 N–H and O–H groups in total. The molecular weight excluding hydrogens is 456 g/mol. The second kappa shape index (κ2) is 7.59. The topological polar surface area (TPSA) is 78.4 Å². The van der Waals surface area contributed by atoms with Crippen molar-refractivity contribution in [3.63, 3.8) is 0 Å². The van der Waals surface area contributed by atoms with Crippen LogP contribution < -0.4 is 5.01 Å². The minimum absolute atomic E-state index is 0.0604. The number of hydrogen-bond acceptors (Lipinski definition) is 4. The number of hydrazone groups is 1. The summed E-state index contributed by atoms with van der Waals surface area (Å²) in [6, 6.07) is 21.9. The number of anilines is 1. The summed E-state index contributed by atoms with van der Waals surface area (Å²) < 4.78 is 0.929. The fourth-order valence-electron chi connectivity index (χ4n) is 3.71. The van der Waals surface area contributed by atoms with Gasteiger partial charge in [-0.2, -0.15) is 10.1 Å². The molecule has 2 heterocycles. The van der Waals surface area contributed by atoms with Crippen LogP contribution in [0.4, 0.5) is 5.69 Å². The number of imidazole rings is 1. The Labute approximate surface area is 186 Å². The van der Waals surface area contributed by atoms with Gasteiger partial charge in [-0.3, -0.25) is 9.59 Å². The average Bonchev–Trinajstić information content (AvgIpc) is 3.33. The molecule has 31 heavy (non-hydrogen) atoms. The molecule has 1 amide bonds. The van der Waals surface area contributed by atoms with Crippen LogP contribution in [0.5, 0.6) is 0 Å². The van der Waals surface area contributed by atoms with Gasteiger partial charge >= 0.3 is 0 Å². The van der Waals surface area contributed by atoms with E-state index in [0.29, 0.717) is 39.4 Å². The van der Waals surface area contributed by atoms with Crippen molar-refractivity contribution >= 4 is 50.1 Å². The fourth-order valence-corrected chi connectivity index (χ4v) is 3.98. The van der Waals surface area contributed by atoms with Gasteiger partial charge in [0.15, 0.2) is 5.78 Å². The van der Waals surface area contributed by atoms with E-state index in [4.69, 9.17) is 0 Å². The molecule has 1 atom stereocenters. The summed E-state index contributed by atoms with van der Waals surface area (Å²) in [7, 11) is 0. The fraction of sp³-hybridized carbons (Fsp3) is 0.0833. The van der Waals surface area contributed by atoms with Gasteiger partial charge in [0.2, 0.25) is 0 Å². The highest BCUT2D eigenvalue weighted by atomic mass is 79.9. The molecule has 152 valence electrons. The number of amides is 1. The predicted molar refractivity (Wildman–Crippen MR) is 123 cm³/mol. The number of nitrogens with zero attached hydrogens (tertiary/aromatic N) is 3. The van der Waals surface area contributed by atoms with Gasteiger partial charge in [0.05, 0.1) is 22.4 Å². The van der Waals surface area contributed by atoms with Crippen LogP contribution in [0.15, 0.2) is 82.4 Å². The average molecular weight is 473 g/mol. The number of ketones is 1. The number of hydrogen-bond donors (Lipinski definition) is 1. The lowest BCUT2D eigenvalue weighted by Gasteiger charge is -2.13. The molecule has 4 aromatic rings. The number of fused-ring (bicyclic) bond motifs is 1. The van der Waals surface area contributed by atoms with E-state index in [1.165, 1.54) is 5.01 Å². The van der Waals surface area contributed by atoms with Crippen LogP contribution in [-0.4, -0.2) is 27.4 Å². The minimum Gasteiger partial charge on any atom is -0.341 e. The lowest BCUT2D eigenvalue weighted by Crippen LogP contribution is -2.26. The van der Waals surface area contributed by atoms with E-state index in [1.54, 1.807) is 30.3 Å². The number of aromatic nitrogens is 2. The van der Waals surface area contributed by atoms with Gasteiger partial charge < -0.3 is 4.98 Å². The van der Waals surface area contributed by atoms with Crippen LogP contribution >= 0.6 is 15.9 Å². The Bertz CT molecular complexity index is 1340. The summed E-state index contributed by atoms with van der Waals surface area (Å²) >= 11 is 3.40. The molecule has 6 nitrogen and oxygen atoms in total. The van der Waals surface area contributed by atoms with Crippen LogP contribution in [0.3, 0.4) is 0 Å². The molecule has 5 rings (SSSR count). The van der Waals surface area contributed by atoms with Crippen molar-refractivity contribution < 1.29 is 9.59 Å². The molecule has 7 heteroatoms. The maximum atomic E-state index is 13.1. The molecule has 1 aromatic heterocycles. The number of benzene rings is 3. The third-order valence-corrected chi connectivity index (χ3v) is 5.80. The van der Waals surface area contributed by atoms with Crippen LogP contribution in [0.25, 0.3) is 11.0 Å². The molecule has 0 unspecified atom stereocenters. The van der Waals surface area contributed by atoms with Gasteiger partial charge in [0.1, 0.15) is 11.7 Å². The molecule has 1 aliphatic heterocycles. The van der Waals surface area contributed by atoms with Crippen molar-refractivity contribution in [3.8, 4) is 0 Å². The van der Waals surface area contributed by atoms with Crippen LogP contribution in [0.1, 0.15) is 34.6 Å². The third-order valence-electron chi connectivity index (χ3n) is 5.27. The molecule has 0 saturated carbocycles. The maximum Gasteiger partial charge on any atom is 0.263 e. The highest BCUT2D eigenvalue weighted by Gasteiger charge is 2.37. The summed E-state index contributed by atoms with van der Waals surface area (Å²) in [4.78, 5) is 33.7. The van der Waals surface area contributed by atoms with Gasteiger partial charge in [0.25, 0.3) is 5.91 Å². The van der Waals surface area contributed by atoms with Gasteiger partial charge in [-0.1, -0.05) is 46.3 Å². The zero-order chi connectivity index (χ0) is 21.5. The molecule has 0 fully saturated rings. The molecule has 1 aliphatic rings. The van der Waals surface area contributed by atoms with E-state index in [0.717, 1.165) is 4.47 Å². The van der Waals surface area contributed by atoms with Gasteiger partial charge in [-0.15, -0.1) is 0 Å². The minimum atomic E-state index is -0.593. The number of H-pyrrole nitrogens is 1. The normalized spacial score (nSPS) is 16.1. The van der Waals surface area contributed by atoms with E-state index < -0.39 is 5.92 Å². The molecule has 3 aromatic carbocycles. The molecular formula is C24H17BrN4O2. The second-order valence-electron chi connectivity index (χ2n) is 7.35. The van der Waals surface area contributed by atoms with Crippen LogP contribution in [-0.2, 0) is 4.79 Å². The first kappa shape index (κ1) is 19.4. The Morgan fingerprint density at radius 2 is 1.74 bits per heavy atom. The number of aromatic amines is 1. The number of rotatable bonds is 4. The van der Waals surface area contributed by atoms with Crippen molar-refractivity contribution in [2.45, 2.75) is 12.8 Å². The lowest BCUT2D eigenvalue weighted by atomic mass is 10.0. The van der Waals surface area contributed by atoms with Gasteiger partial charge in [0, 0.05) is 15.6 Å². The van der Waals surface area contributed by atoms with E-state index in [9.17, 15) is 9.59 Å². The maximum absolute atomic E-state index is 13.1. The Balaban J connectivity index is 1.47. The summed E-state index contributed by atoms with van der Waals surface area (Å²) in [5.41, 5.74) is 3.95. The number of carbonyl (C=O) groups excluding carboxylic acids is 2. The Morgan fingerprint density at radius 1 is 1.00 bits per heavy atom. The van der Waals surface area contributed by atoms with Crippen molar-refractivity contribution in [1.82, 2.24) is 9.97 Å². The predicted octanol–water partition coefficient (Wildman–Crippen LogP) is 5.06. The first-order valence-electron chi connectivity index (χ1n) is 9.75. The molecule has 0 radical (unpaired) electrons. The first-order valence-corrected chi connectivity index (χ1v) is 10.5. The summed E-state index contributed by atoms with van der Waals surface area (Å²) in [6.07, 6.45) is 0. The second-order valence-corrected chi connectivity index (χ2v) is 8.27. The van der Waals surface area contributed by atoms with Crippen molar-refractivity contribution in [2.24, 2.45) is 5.10 Å². The summed E-state index contributed by atoms with van der Waals surface area (Å²) in [5, 5.41) is 5.86. The summed E-state index contributed by atoms with van der Waals surface area (Å²) in [6.45, 7) is 1.82. The monoisotopic (exact) mass is 472 g/mol. The van der Waals surface area contributed by atoms with E-state index in [1.807, 2.05) is 49.4 Å². The zero-order valence-corrected chi connectivity index (χ0v) is 18.1. The first-order chi connectivity index (χ1) is 15.0. The van der Waals surface area contributed by atoms with Gasteiger partial charge in [-0.05, 0) is 49.4 Å². The number of halogens is 1. The largest absolute Gasteiger partial charge is 0.341 e. The smallest absolute Gasteiger partial charge is 0.263 e. The lowest BCUT2D eigenvalue weighted by molar-refractivity contribution is -0.118. The molecule has 0 bridgehead atoms. The van der Waals surface area contributed by atoms with E-state index in [-0.39, 0.29) is 11.7 Å². The SMILES string of the molecule is CC1=NN(c2ccc(Br)cc2)C(=O)[C@H]1c1nc2ccc(C(=O)c3ccccc3)cc2[nH]1. The number of nitrogens with one attached hydrogen (secondary N) is 1. The summed E-state index contributed by atoms with van der Waals surface area (Å²) in [5.74, 6) is -0.302. The zero-order valence-electron chi connectivity index (χ0n) is 16.5. The standard InChI is InChI=1S/C24H17BrN4O2/c1-14-21(24(31)29(28-14)18-10-8-17(25)9-11-18)23-26-19-12-7-16(13-20(19)27-23)22(30)15-5-3-2-4-6-15/h2-13,21H,1H3,(H,26,27)/t21-/m1/s1. The van der Waals surface area contributed by atoms with Crippen molar-refractivity contribution in [3.05, 3.63) is 94.2 Å². The Morgan fingerprint density at radius 3 is 2.48 bits per heavy atom. The quantitative estimate of drug-likeness (QED) is 0.421. The van der Waals surface area contributed by atoms with Gasteiger partial charge in [-0.25, -0.2) is 4.98 Å². The van der Waals surface area contributed by atoms with E-state index >= 15 is 0 Å². The van der Waals surface area contributed by atoms with Crippen molar-refractivity contribution in [1.29, 1.82) is 0 Å². The van der Waals surface area contributed by atoms with Crippen LogP contribution in [0.2, 0.25) is 0 Å². The molecule has 0 aliphatic carbocycles.